The molecule has 0 nitrogen and oxygen atoms in total. The summed E-state index contributed by atoms with van der Waals surface area (Å²) in [4.78, 5) is 0. The molecule has 0 aromatic carbocycles. The summed E-state index contributed by atoms with van der Waals surface area (Å²) in [6, 6.07) is 0. The highest BCUT2D eigenvalue weighted by atomic mass is 14.2. The zero-order valence-corrected chi connectivity index (χ0v) is 5.28. The van der Waals surface area contributed by atoms with Gasteiger partial charge in [-0.1, -0.05) is 38.7 Å². The molecule has 0 aromatic heterocycles. The van der Waals surface area contributed by atoms with Gasteiger partial charge in [0.2, 0.25) is 0 Å². The molecule has 0 radical (unpaired) electrons. The first kappa shape index (κ1) is 5.21. The summed E-state index contributed by atoms with van der Waals surface area (Å²) in [5, 5.41) is 0. The summed E-state index contributed by atoms with van der Waals surface area (Å²) in [6.07, 6.45) is 4.40. The molecule has 0 N–H and O–H groups in total. The molecular formula is C6H13B. The fourth-order valence-electron chi connectivity index (χ4n) is 0.999. The Morgan fingerprint density at radius 1 is 1.57 bits per heavy atom. The van der Waals surface area contributed by atoms with Crippen LogP contribution in [0.15, 0.2) is 0 Å². The van der Waals surface area contributed by atoms with Crippen LogP contribution >= 0.6 is 0 Å². The van der Waals surface area contributed by atoms with Crippen LogP contribution in [0.5, 0.6) is 0 Å². The Hall–Kier alpha value is 0.0649. The number of hydrogen-bond donors (Lipinski definition) is 0. The molecule has 40 valence electrons. The zero-order chi connectivity index (χ0) is 5.28. The van der Waals surface area contributed by atoms with Crippen molar-refractivity contribution in [3.05, 3.63) is 0 Å². The lowest BCUT2D eigenvalue weighted by Crippen LogP contribution is -2.02. The van der Waals surface area contributed by atoms with Crippen LogP contribution in [0.4, 0.5) is 0 Å². The highest BCUT2D eigenvalue weighted by molar-refractivity contribution is 6.59. The van der Waals surface area contributed by atoms with Crippen molar-refractivity contribution in [1.29, 1.82) is 0 Å². The molecule has 1 saturated carbocycles. The maximum atomic E-state index is 2.36. The first-order chi connectivity index (χ1) is 3.34. The van der Waals surface area contributed by atoms with E-state index < -0.39 is 0 Å². The van der Waals surface area contributed by atoms with E-state index in [0.29, 0.717) is 0 Å². The highest BCUT2D eigenvalue weighted by Gasteiger charge is 2.28. The van der Waals surface area contributed by atoms with Gasteiger partial charge in [0, 0.05) is 0 Å². The fraction of sp³-hybridized carbons (Fsp3) is 1.00. The second kappa shape index (κ2) is 1.89. The molecule has 0 unspecified atom stereocenters. The van der Waals surface area contributed by atoms with Crippen LogP contribution in [0.25, 0.3) is 0 Å². The van der Waals surface area contributed by atoms with Gasteiger partial charge in [-0.15, -0.1) is 0 Å². The van der Waals surface area contributed by atoms with Crippen molar-refractivity contribution in [2.75, 3.05) is 0 Å². The van der Waals surface area contributed by atoms with Crippen molar-refractivity contribution in [3.63, 3.8) is 0 Å². The quantitative estimate of drug-likeness (QED) is 0.462. The van der Waals surface area contributed by atoms with E-state index >= 15 is 0 Å². The van der Waals surface area contributed by atoms with Gasteiger partial charge in [0.15, 0.2) is 0 Å². The first-order valence-electron chi connectivity index (χ1n) is 3.34. The van der Waals surface area contributed by atoms with Crippen molar-refractivity contribution in [2.45, 2.75) is 38.7 Å². The summed E-state index contributed by atoms with van der Waals surface area (Å²) < 4.78 is 0. The van der Waals surface area contributed by atoms with Gasteiger partial charge in [0.25, 0.3) is 0 Å². The van der Waals surface area contributed by atoms with E-state index in [9.17, 15) is 0 Å². The lowest BCUT2D eigenvalue weighted by Gasteiger charge is -1.96. The predicted molar refractivity (Wildman–Crippen MR) is 35.1 cm³/mol. The molecule has 0 aromatic rings. The second-order valence-electron chi connectivity index (χ2n) is 2.72. The Bertz CT molecular complexity index is 57.2. The number of hydrogen-bond acceptors (Lipinski definition) is 0. The molecule has 1 aliphatic rings. The summed E-state index contributed by atoms with van der Waals surface area (Å²) >= 11 is 0. The number of rotatable bonds is 2. The zero-order valence-electron chi connectivity index (χ0n) is 5.28. The molecule has 0 spiro atoms. The molecule has 1 fully saturated rings. The lowest BCUT2D eigenvalue weighted by atomic mass is 9.46. The minimum Gasteiger partial charge on any atom is -0.0859 e. The van der Waals surface area contributed by atoms with Crippen molar-refractivity contribution in [1.82, 2.24) is 0 Å². The van der Waals surface area contributed by atoms with Gasteiger partial charge < -0.3 is 0 Å². The van der Waals surface area contributed by atoms with Gasteiger partial charge in [0.05, 0.1) is 0 Å². The molecule has 1 heteroatoms. The van der Waals surface area contributed by atoms with E-state index in [1.807, 2.05) is 0 Å². The van der Waals surface area contributed by atoms with Crippen molar-refractivity contribution >= 4 is 6.71 Å². The standard InChI is InChI=1S/C6H13B/c1-3-7(2)6-4-5-6/h6H,3-5H2,1-2H3. The third-order valence-corrected chi connectivity index (χ3v) is 2.07. The smallest absolute Gasteiger partial charge is 0.0859 e. The molecule has 7 heavy (non-hydrogen) atoms. The van der Waals surface area contributed by atoms with Crippen LogP contribution in [-0.4, -0.2) is 6.71 Å². The van der Waals surface area contributed by atoms with Gasteiger partial charge in [-0.3, -0.25) is 0 Å². The Balaban J connectivity index is 2.10. The lowest BCUT2D eigenvalue weighted by molar-refractivity contribution is 1.29. The molecule has 0 heterocycles. The summed E-state index contributed by atoms with van der Waals surface area (Å²) in [7, 11) is 0. The Kier molecular flexibility index (Phi) is 1.41. The third kappa shape index (κ3) is 1.22. The normalized spacial score (nSPS) is 19.7. The minimum atomic E-state index is 1.01. The van der Waals surface area contributed by atoms with Gasteiger partial charge in [-0.25, -0.2) is 0 Å². The molecule has 1 aliphatic carbocycles. The second-order valence-corrected chi connectivity index (χ2v) is 2.72. The average Bonchev–Trinajstić information content (AvgIpc) is 2.44. The Labute approximate surface area is 46.4 Å². The van der Waals surface area contributed by atoms with Crippen LogP contribution in [-0.2, 0) is 0 Å². The van der Waals surface area contributed by atoms with Gasteiger partial charge >= 0.3 is 0 Å². The van der Waals surface area contributed by atoms with Gasteiger partial charge in [0.1, 0.15) is 6.71 Å². The molecule has 0 saturated heterocycles. The first-order valence-corrected chi connectivity index (χ1v) is 3.34. The summed E-state index contributed by atoms with van der Waals surface area (Å²) in [6.45, 7) is 5.65. The highest BCUT2D eigenvalue weighted by Crippen LogP contribution is 2.39. The monoisotopic (exact) mass is 96.1 g/mol. The van der Waals surface area contributed by atoms with E-state index in [0.717, 1.165) is 12.5 Å². The van der Waals surface area contributed by atoms with E-state index in [-0.39, 0.29) is 0 Å². The minimum absolute atomic E-state index is 1.01. The van der Waals surface area contributed by atoms with Gasteiger partial charge in [-0.2, -0.15) is 0 Å². The maximum absolute atomic E-state index is 2.36. The molecule has 0 amide bonds. The van der Waals surface area contributed by atoms with Crippen LogP contribution < -0.4 is 0 Å². The SMILES string of the molecule is CCB(C)C1CC1. The van der Waals surface area contributed by atoms with E-state index in [1.165, 1.54) is 19.2 Å². The maximum Gasteiger partial charge on any atom is 0.139 e. The predicted octanol–water partition coefficient (Wildman–Crippen LogP) is 2.29. The van der Waals surface area contributed by atoms with Crippen LogP contribution in [0.2, 0.25) is 19.0 Å². The third-order valence-electron chi connectivity index (χ3n) is 2.07. The Morgan fingerprint density at radius 3 is 2.29 bits per heavy atom. The topological polar surface area (TPSA) is 0 Å². The van der Waals surface area contributed by atoms with E-state index in [4.69, 9.17) is 0 Å². The Morgan fingerprint density at radius 2 is 2.14 bits per heavy atom. The van der Waals surface area contributed by atoms with E-state index in [1.54, 1.807) is 0 Å². The van der Waals surface area contributed by atoms with E-state index in [2.05, 4.69) is 13.7 Å². The molecule has 0 aliphatic heterocycles. The molecule has 0 atom stereocenters. The van der Waals surface area contributed by atoms with Crippen LogP contribution in [0.3, 0.4) is 0 Å². The molecule has 1 rings (SSSR count). The van der Waals surface area contributed by atoms with Gasteiger partial charge in [-0.05, 0) is 0 Å². The van der Waals surface area contributed by atoms with Crippen molar-refractivity contribution < 1.29 is 0 Å². The molecular weight excluding hydrogens is 82.9 g/mol. The van der Waals surface area contributed by atoms with Crippen molar-refractivity contribution in [3.8, 4) is 0 Å². The fourth-order valence-corrected chi connectivity index (χ4v) is 0.999. The van der Waals surface area contributed by atoms with Crippen LogP contribution in [0, 0.1) is 0 Å². The van der Waals surface area contributed by atoms with Crippen LogP contribution in [0.1, 0.15) is 19.8 Å². The van der Waals surface area contributed by atoms with Crippen molar-refractivity contribution in [2.24, 2.45) is 0 Å². The summed E-state index contributed by atoms with van der Waals surface area (Å²) in [5.74, 6) is 1.12. The summed E-state index contributed by atoms with van der Waals surface area (Å²) in [5.41, 5.74) is 0. The largest absolute Gasteiger partial charge is 0.139 e. The molecule has 0 bridgehead atoms. The average molecular weight is 96.0 g/mol.